The van der Waals surface area contributed by atoms with Gasteiger partial charge in [0, 0.05) is 7.62 Å². The first kappa shape index (κ1) is 19.6. The number of hydrogen-bond donors (Lipinski definition) is 1. The first-order chi connectivity index (χ1) is 12.8. The van der Waals surface area contributed by atoms with Crippen LogP contribution in [0.3, 0.4) is 0 Å². The Hall–Kier alpha value is -2.76. The van der Waals surface area contributed by atoms with Gasteiger partial charge in [0.2, 0.25) is 6.41 Å². The van der Waals surface area contributed by atoms with Crippen LogP contribution in [0, 0.1) is 5.82 Å². The number of amides is 1. The maximum Gasteiger partial charge on any atom is 0.212 e. The Balaban J connectivity index is 0.000000686. The van der Waals surface area contributed by atoms with Crippen molar-refractivity contribution in [1.29, 1.82) is 0 Å². The fourth-order valence-corrected chi connectivity index (χ4v) is 2.86. The number of aromatic nitrogens is 2. The fourth-order valence-electron chi connectivity index (χ4n) is 2.86. The number of nitrogens with one attached hydrogen (secondary N) is 1. The molecular weight excluding hydrogens is 336 g/mol. The Kier molecular flexibility index (Phi) is 6.83. The van der Waals surface area contributed by atoms with Gasteiger partial charge in [-0.15, -0.1) is 0 Å². The monoisotopic (exact) mass is 361 g/mol. The summed E-state index contributed by atoms with van der Waals surface area (Å²) in [5.74, 6) is 0.699. The van der Waals surface area contributed by atoms with Crippen LogP contribution in [0.2, 0.25) is 0 Å². The average Bonchev–Trinajstić information content (AvgIpc) is 3.44. The molecule has 26 heavy (non-hydrogen) atoms. The van der Waals surface area contributed by atoms with E-state index in [9.17, 15) is 13.6 Å². The van der Waals surface area contributed by atoms with Crippen molar-refractivity contribution in [2.45, 2.75) is 32.6 Å². The third-order valence-electron chi connectivity index (χ3n) is 4.01. The van der Waals surface area contributed by atoms with Crippen LogP contribution < -0.4 is 5.32 Å². The molecule has 0 aliphatic heterocycles. The predicted octanol–water partition coefficient (Wildman–Crippen LogP) is 5.44. The zero-order valence-electron chi connectivity index (χ0n) is 15.2. The zero-order valence-corrected chi connectivity index (χ0v) is 15.2. The van der Waals surface area contributed by atoms with E-state index in [0.29, 0.717) is 25.3 Å². The normalized spacial score (nSPS) is 12.5. The van der Waals surface area contributed by atoms with Gasteiger partial charge in [0.05, 0.1) is 13.4 Å². The van der Waals surface area contributed by atoms with Gasteiger partial charge in [-0.3, -0.25) is 9.18 Å². The number of rotatable bonds is 4. The summed E-state index contributed by atoms with van der Waals surface area (Å²) < 4.78 is 25.5. The highest BCUT2D eigenvalue weighted by Crippen LogP contribution is 2.45. The SMILES string of the molecule is CC.CF.O=CNc1cn2cc(-c3cccc(F)c3C3CC3)ccc2n1.[HH]. The largest absolute Gasteiger partial charge is 0.312 e. The second-order valence-electron chi connectivity index (χ2n) is 5.55. The first-order valence-corrected chi connectivity index (χ1v) is 8.62. The smallest absolute Gasteiger partial charge is 0.212 e. The molecule has 0 unspecified atom stereocenters. The summed E-state index contributed by atoms with van der Waals surface area (Å²) in [6.45, 7) is 4.00. The van der Waals surface area contributed by atoms with Crippen molar-refractivity contribution in [3.8, 4) is 11.1 Å². The van der Waals surface area contributed by atoms with Gasteiger partial charge in [-0.05, 0) is 53.6 Å². The van der Waals surface area contributed by atoms with Crippen molar-refractivity contribution in [2.75, 3.05) is 12.5 Å². The van der Waals surface area contributed by atoms with E-state index in [4.69, 9.17) is 0 Å². The molecule has 0 radical (unpaired) electrons. The van der Waals surface area contributed by atoms with Crippen LogP contribution in [0.4, 0.5) is 14.6 Å². The molecule has 6 heteroatoms. The van der Waals surface area contributed by atoms with Crippen LogP contribution in [0.1, 0.15) is 39.6 Å². The maximum atomic E-state index is 14.2. The molecule has 1 fully saturated rings. The molecule has 4 rings (SSSR count). The summed E-state index contributed by atoms with van der Waals surface area (Å²) in [5.41, 5.74) is 3.43. The van der Waals surface area contributed by atoms with E-state index in [-0.39, 0.29) is 7.24 Å². The second-order valence-corrected chi connectivity index (χ2v) is 5.55. The van der Waals surface area contributed by atoms with Crippen molar-refractivity contribution >= 4 is 17.9 Å². The number of pyridine rings is 1. The summed E-state index contributed by atoms with van der Waals surface area (Å²) in [6, 6.07) is 9.03. The van der Waals surface area contributed by atoms with Gasteiger partial charge >= 0.3 is 0 Å². The second kappa shape index (κ2) is 9.08. The van der Waals surface area contributed by atoms with Gasteiger partial charge in [0.25, 0.3) is 0 Å². The van der Waals surface area contributed by atoms with Crippen molar-refractivity contribution in [2.24, 2.45) is 0 Å². The molecule has 1 saturated carbocycles. The van der Waals surface area contributed by atoms with Gasteiger partial charge in [-0.2, -0.15) is 0 Å². The van der Waals surface area contributed by atoms with Crippen LogP contribution in [0.15, 0.2) is 42.7 Å². The van der Waals surface area contributed by atoms with E-state index in [1.165, 1.54) is 6.07 Å². The van der Waals surface area contributed by atoms with Crippen molar-refractivity contribution in [1.82, 2.24) is 9.38 Å². The van der Waals surface area contributed by atoms with E-state index in [0.717, 1.165) is 35.2 Å². The standard InChI is InChI=1S/C17H14FN3O.C2H6.CH3F.H2/c18-14-3-1-2-13(17(14)11-4-5-11)12-6-7-16-20-15(19-10-22)9-21(16)8-12;2*1-2;/h1-3,6-11H,4-5H2,(H,19,22);1-2H3;1H3;1H. The van der Waals surface area contributed by atoms with Gasteiger partial charge in [-0.25, -0.2) is 9.37 Å². The molecule has 3 aromatic rings. The molecule has 0 saturated heterocycles. The van der Waals surface area contributed by atoms with E-state index < -0.39 is 0 Å². The highest BCUT2D eigenvalue weighted by molar-refractivity contribution is 5.72. The number of hydrogen-bond acceptors (Lipinski definition) is 2. The highest BCUT2D eigenvalue weighted by Gasteiger charge is 2.29. The molecule has 1 N–H and O–H groups in total. The lowest BCUT2D eigenvalue weighted by atomic mass is 9.97. The molecule has 140 valence electrons. The predicted molar refractivity (Wildman–Crippen MR) is 103 cm³/mol. The topological polar surface area (TPSA) is 46.4 Å². The van der Waals surface area contributed by atoms with Crippen molar-refractivity contribution in [3.05, 3.63) is 54.1 Å². The molecule has 0 spiro atoms. The number of halogens is 2. The Morgan fingerprint density at radius 1 is 1.19 bits per heavy atom. The van der Waals surface area contributed by atoms with Crippen LogP contribution in [0.25, 0.3) is 16.8 Å². The number of carbonyl (C=O) groups is 1. The number of carbonyl (C=O) groups excluding carboxylic acids is 1. The van der Waals surface area contributed by atoms with Crippen LogP contribution in [-0.2, 0) is 4.79 Å². The first-order valence-electron chi connectivity index (χ1n) is 8.62. The molecule has 1 aliphatic carbocycles. The number of alkyl halides is 1. The maximum absolute atomic E-state index is 14.2. The summed E-state index contributed by atoms with van der Waals surface area (Å²) in [6.07, 6.45) is 6.35. The average molecular weight is 361 g/mol. The minimum atomic E-state index is -0.131. The van der Waals surface area contributed by atoms with Gasteiger partial charge < -0.3 is 9.72 Å². The molecule has 1 amide bonds. The highest BCUT2D eigenvalue weighted by atomic mass is 19.1. The van der Waals surface area contributed by atoms with Crippen LogP contribution in [0.5, 0.6) is 0 Å². The Morgan fingerprint density at radius 2 is 1.92 bits per heavy atom. The molecule has 2 aromatic heterocycles. The van der Waals surface area contributed by atoms with E-state index in [2.05, 4.69) is 10.3 Å². The summed E-state index contributed by atoms with van der Waals surface area (Å²) in [4.78, 5) is 14.8. The number of benzene rings is 1. The molecular formula is C20H25F2N3O. The van der Waals surface area contributed by atoms with E-state index in [1.807, 2.05) is 42.6 Å². The van der Waals surface area contributed by atoms with Gasteiger partial charge in [0.1, 0.15) is 11.5 Å². The lowest BCUT2D eigenvalue weighted by Crippen LogP contribution is -1.94. The minimum absolute atomic E-state index is 0. The summed E-state index contributed by atoms with van der Waals surface area (Å²) in [5, 5.41) is 2.53. The number of nitrogens with zero attached hydrogens (tertiary/aromatic N) is 2. The summed E-state index contributed by atoms with van der Waals surface area (Å²) >= 11 is 0. The molecule has 2 heterocycles. The van der Waals surface area contributed by atoms with Crippen LogP contribution in [-0.4, -0.2) is 23.0 Å². The zero-order chi connectivity index (χ0) is 19.1. The molecule has 4 nitrogen and oxygen atoms in total. The Labute approximate surface area is 153 Å². The third kappa shape index (κ3) is 4.07. The van der Waals surface area contributed by atoms with Crippen molar-refractivity contribution in [3.63, 3.8) is 0 Å². The molecule has 1 aromatic carbocycles. The van der Waals surface area contributed by atoms with E-state index in [1.54, 1.807) is 12.3 Å². The van der Waals surface area contributed by atoms with Crippen LogP contribution >= 0.6 is 0 Å². The number of fused-ring (bicyclic) bond motifs is 1. The minimum Gasteiger partial charge on any atom is -0.312 e. The molecule has 0 atom stereocenters. The van der Waals surface area contributed by atoms with E-state index >= 15 is 0 Å². The lowest BCUT2D eigenvalue weighted by molar-refractivity contribution is -0.105. The third-order valence-corrected chi connectivity index (χ3v) is 4.01. The molecule has 0 bridgehead atoms. The molecule has 1 aliphatic rings. The van der Waals surface area contributed by atoms with Crippen molar-refractivity contribution < 1.29 is 15.0 Å². The lowest BCUT2D eigenvalue weighted by Gasteiger charge is -2.10. The number of imidazole rings is 1. The summed E-state index contributed by atoms with van der Waals surface area (Å²) in [7, 11) is 0.500. The van der Waals surface area contributed by atoms with Gasteiger partial charge in [-0.1, -0.05) is 26.0 Å². The fraction of sp³-hybridized carbons (Fsp3) is 0.300. The van der Waals surface area contributed by atoms with Gasteiger partial charge in [0.15, 0.2) is 5.82 Å². The Morgan fingerprint density at radius 3 is 2.58 bits per heavy atom. The Bertz CT molecular complexity index is 879. The quantitative estimate of drug-likeness (QED) is 0.629. The number of anilines is 1.